The molecule has 1 fully saturated rings. The molecule has 1 N–H and O–H groups in total. The third-order valence-electron chi connectivity index (χ3n) is 6.43. The van der Waals surface area contributed by atoms with E-state index in [1.165, 1.54) is 12.8 Å². The van der Waals surface area contributed by atoms with Gasteiger partial charge in [-0.1, -0.05) is 35.9 Å². The quantitative estimate of drug-likeness (QED) is 0.318. The Morgan fingerprint density at radius 2 is 1.85 bits per heavy atom. The lowest BCUT2D eigenvalue weighted by Crippen LogP contribution is -2.19. The van der Waals surface area contributed by atoms with Crippen LogP contribution in [0.2, 0.25) is 5.02 Å². The highest BCUT2D eigenvalue weighted by Crippen LogP contribution is 2.33. The predicted molar refractivity (Wildman–Crippen MR) is 136 cm³/mol. The van der Waals surface area contributed by atoms with Crippen molar-refractivity contribution in [3.05, 3.63) is 100 Å². The van der Waals surface area contributed by atoms with Gasteiger partial charge >= 0.3 is 0 Å². The highest BCUT2D eigenvalue weighted by Gasteiger charge is 2.19. The SMILES string of the molecule is COc1ccc2nccc(NC(c3cccc(Cl)c3)c3ccc(CN4CCCC4)c(F)c3)c2c1. The molecule has 3 aromatic carbocycles. The van der Waals surface area contributed by atoms with Crippen LogP contribution in [0.3, 0.4) is 0 Å². The normalized spacial score (nSPS) is 14.9. The maximum Gasteiger partial charge on any atom is 0.128 e. The van der Waals surface area contributed by atoms with Gasteiger partial charge in [0.15, 0.2) is 0 Å². The average Bonchev–Trinajstić information content (AvgIpc) is 3.37. The molecule has 6 heteroatoms. The number of fused-ring (bicyclic) bond motifs is 1. The number of aromatic nitrogens is 1. The highest BCUT2D eigenvalue weighted by molar-refractivity contribution is 6.30. The van der Waals surface area contributed by atoms with E-state index in [9.17, 15) is 0 Å². The molecule has 34 heavy (non-hydrogen) atoms. The second-order valence-electron chi connectivity index (χ2n) is 8.71. The fraction of sp³-hybridized carbons (Fsp3) is 0.250. The van der Waals surface area contributed by atoms with E-state index in [2.05, 4.69) is 15.2 Å². The molecule has 1 aliphatic heterocycles. The van der Waals surface area contributed by atoms with Crippen molar-refractivity contribution >= 4 is 28.2 Å². The first kappa shape index (κ1) is 22.6. The highest BCUT2D eigenvalue weighted by atomic mass is 35.5. The number of ether oxygens (including phenoxy) is 1. The van der Waals surface area contributed by atoms with Gasteiger partial charge in [0, 0.05) is 34.4 Å². The van der Waals surface area contributed by atoms with Crippen molar-refractivity contribution in [1.82, 2.24) is 9.88 Å². The minimum atomic E-state index is -0.300. The average molecular weight is 476 g/mol. The van der Waals surface area contributed by atoms with Crippen LogP contribution in [-0.2, 0) is 6.54 Å². The molecule has 0 aliphatic carbocycles. The topological polar surface area (TPSA) is 37.4 Å². The number of hydrogen-bond acceptors (Lipinski definition) is 4. The lowest BCUT2D eigenvalue weighted by Gasteiger charge is -2.23. The molecular weight excluding hydrogens is 449 g/mol. The second kappa shape index (κ2) is 10.00. The van der Waals surface area contributed by atoms with E-state index in [-0.39, 0.29) is 11.9 Å². The fourth-order valence-electron chi connectivity index (χ4n) is 4.63. The Balaban J connectivity index is 1.53. The summed E-state index contributed by atoms with van der Waals surface area (Å²) in [5, 5.41) is 5.19. The molecule has 0 radical (unpaired) electrons. The van der Waals surface area contributed by atoms with Gasteiger partial charge in [-0.25, -0.2) is 4.39 Å². The fourth-order valence-corrected chi connectivity index (χ4v) is 4.83. The summed E-state index contributed by atoms with van der Waals surface area (Å²) < 4.78 is 20.7. The van der Waals surface area contributed by atoms with Crippen molar-refractivity contribution < 1.29 is 9.13 Å². The monoisotopic (exact) mass is 475 g/mol. The molecule has 174 valence electrons. The van der Waals surface area contributed by atoms with Crippen LogP contribution in [0.5, 0.6) is 5.75 Å². The number of nitrogens with zero attached hydrogens (tertiary/aromatic N) is 2. The molecule has 4 nitrogen and oxygen atoms in total. The first-order chi connectivity index (χ1) is 16.6. The number of halogens is 2. The first-order valence-corrected chi connectivity index (χ1v) is 11.9. The summed E-state index contributed by atoms with van der Waals surface area (Å²) in [6.45, 7) is 2.72. The van der Waals surface area contributed by atoms with Gasteiger partial charge in [-0.05, 0) is 79.5 Å². The van der Waals surface area contributed by atoms with E-state index in [1.54, 1.807) is 19.4 Å². The molecule has 2 heterocycles. The van der Waals surface area contributed by atoms with Gasteiger partial charge in [0.05, 0.1) is 18.7 Å². The Labute approximate surface area is 204 Å². The zero-order chi connectivity index (χ0) is 23.5. The zero-order valence-electron chi connectivity index (χ0n) is 19.1. The van der Waals surface area contributed by atoms with Gasteiger partial charge in [-0.15, -0.1) is 0 Å². The van der Waals surface area contributed by atoms with E-state index in [0.29, 0.717) is 11.6 Å². The third kappa shape index (κ3) is 4.86. The lowest BCUT2D eigenvalue weighted by atomic mass is 9.96. The Morgan fingerprint density at radius 1 is 1.03 bits per heavy atom. The van der Waals surface area contributed by atoms with Gasteiger partial charge in [-0.3, -0.25) is 9.88 Å². The molecule has 1 atom stereocenters. The van der Waals surface area contributed by atoms with Crippen LogP contribution in [0, 0.1) is 5.82 Å². The number of anilines is 1. The summed E-state index contributed by atoms with van der Waals surface area (Å²) in [7, 11) is 1.64. The number of methoxy groups -OCH3 is 1. The molecule has 4 aromatic rings. The van der Waals surface area contributed by atoms with Crippen molar-refractivity contribution in [1.29, 1.82) is 0 Å². The van der Waals surface area contributed by atoms with Gasteiger partial charge < -0.3 is 10.1 Å². The summed E-state index contributed by atoms with van der Waals surface area (Å²) in [5.74, 6) is 0.569. The molecule has 1 aliphatic rings. The van der Waals surface area contributed by atoms with Crippen LogP contribution in [0.1, 0.15) is 35.6 Å². The second-order valence-corrected chi connectivity index (χ2v) is 9.14. The van der Waals surface area contributed by atoms with Crippen LogP contribution < -0.4 is 10.1 Å². The summed E-state index contributed by atoms with van der Waals surface area (Å²) in [6, 6.07) is 20.7. The number of benzene rings is 3. The van der Waals surface area contributed by atoms with E-state index in [1.807, 2.05) is 60.7 Å². The van der Waals surface area contributed by atoms with Crippen LogP contribution in [0.4, 0.5) is 10.1 Å². The number of likely N-dealkylation sites (tertiary alicyclic amines) is 1. The first-order valence-electron chi connectivity index (χ1n) is 11.6. The number of nitrogens with one attached hydrogen (secondary N) is 1. The minimum Gasteiger partial charge on any atom is -0.497 e. The van der Waals surface area contributed by atoms with Gasteiger partial charge in [0.1, 0.15) is 11.6 Å². The Morgan fingerprint density at radius 3 is 2.62 bits per heavy atom. The summed E-state index contributed by atoms with van der Waals surface area (Å²) in [4.78, 5) is 6.78. The van der Waals surface area contributed by atoms with E-state index in [4.69, 9.17) is 16.3 Å². The lowest BCUT2D eigenvalue weighted by molar-refractivity contribution is 0.325. The Bertz CT molecular complexity index is 1310. The molecule has 0 amide bonds. The van der Waals surface area contributed by atoms with E-state index >= 15 is 4.39 Å². The minimum absolute atomic E-state index is 0.181. The van der Waals surface area contributed by atoms with Crippen molar-refractivity contribution in [2.24, 2.45) is 0 Å². The molecule has 0 saturated carbocycles. The van der Waals surface area contributed by atoms with Crippen molar-refractivity contribution in [2.75, 3.05) is 25.5 Å². The van der Waals surface area contributed by atoms with E-state index < -0.39 is 0 Å². The summed E-state index contributed by atoms with van der Waals surface area (Å²) in [5.41, 5.74) is 4.25. The Hall–Kier alpha value is -3.15. The number of hydrogen-bond donors (Lipinski definition) is 1. The van der Waals surface area contributed by atoms with Crippen molar-refractivity contribution in [3.63, 3.8) is 0 Å². The van der Waals surface area contributed by atoms with Crippen LogP contribution in [0.25, 0.3) is 10.9 Å². The van der Waals surface area contributed by atoms with Crippen molar-refractivity contribution in [3.8, 4) is 5.75 Å². The van der Waals surface area contributed by atoms with Gasteiger partial charge in [0.25, 0.3) is 0 Å². The molecule has 0 spiro atoms. The molecule has 1 unspecified atom stereocenters. The molecular formula is C28H27ClFN3O. The maximum absolute atomic E-state index is 15.2. The van der Waals surface area contributed by atoms with Gasteiger partial charge in [-0.2, -0.15) is 0 Å². The van der Waals surface area contributed by atoms with Crippen molar-refractivity contribution in [2.45, 2.75) is 25.4 Å². The number of rotatable bonds is 7. The summed E-state index contributed by atoms with van der Waals surface area (Å²) >= 11 is 6.33. The predicted octanol–water partition coefficient (Wildman–Crippen LogP) is 6.83. The molecule has 1 aromatic heterocycles. The Kier molecular flexibility index (Phi) is 6.66. The molecule has 1 saturated heterocycles. The largest absolute Gasteiger partial charge is 0.497 e. The standard InChI is InChI=1S/C28H27ClFN3O/c1-34-23-9-10-26-24(17-23)27(11-12-31-26)32-28(19-5-4-6-22(29)15-19)20-7-8-21(25(30)16-20)18-33-13-2-3-14-33/h4-12,15-17,28H,2-3,13-14,18H2,1H3,(H,31,32). The smallest absolute Gasteiger partial charge is 0.128 e. The molecule has 5 rings (SSSR count). The zero-order valence-corrected chi connectivity index (χ0v) is 19.9. The maximum atomic E-state index is 15.2. The third-order valence-corrected chi connectivity index (χ3v) is 6.67. The van der Waals surface area contributed by atoms with Gasteiger partial charge in [0.2, 0.25) is 0 Å². The summed E-state index contributed by atoms with van der Waals surface area (Å²) in [6.07, 6.45) is 4.14. The number of pyridine rings is 1. The van der Waals surface area contributed by atoms with Crippen LogP contribution in [-0.4, -0.2) is 30.1 Å². The molecule has 0 bridgehead atoms. The van der Waals surface area contributed by atoms with Crippen LogP contribution >= 0.6 is 11.6 Å². The van der Waals surface area contributed by atoms with E-state index in [0.717, 1.165) is 52.1 Å². The van der Waals surface area contributed by atoms with Crippen LogP contribution in [0.15, 0.2) is 72.9 Å².